The van der Waals surface area contributed by atoms with Gasteiger partial charge in [0, 0.05) is 12.5 Å². The summed E-state index contributed by atoms with van der Waals surface area (Å²) in [7, 11) is 0. The van der Waals surface area contributed by atoms with E-state index >= 15 is 0 Å². The summed E-state index contributed by atoms with van der Waals surface area (Å²) in [6.45, 7) is 2.35. The third-order valence-electron chi connectivity index (χ3n) is 4.90. The largest absolute Gasteiger partial charge is 0.394 e. The zero-order valence-electron chi connectivity index (χ0n) is 14.8. The molecule has 5 nitrogen and oxygen atoms in total. The first kappa shape index (κ1) is 18.0. The van der Waals surface area contributed by atoms with Crippen LogP contribution in [0.1, 0.15) is 24.8 Å². The van der Waals surface area contributed by atoms with Crippen molar-refractivity contribution in [2.24, 2.45) is 0 Å². The van der Waals surface area contributed by atoms with Crippen LogP contribution in [0.2, 0.25) is 0 Å². The molecule has 1 heterocycles. The van der Waals surface area contributed by atoms with E-state index in [1.807, 2.05) is 61.5 Å². The molecule has 0 radical (unpaired) electrons. The Balaban J connectivity index is 1.95. The molecule has 2 N–H and O–H groups in total. The number of likely N-dealkylation sites (tertiary alicyclic amines) is 1. The van der Waals surface area contributed by atoms with E-state index in [0.717, 1.165) is 23.1 Å². The number of nitrogens with zero attached hydrogens (tertiary/aromatic N) is 2. The Kier molecular flexibility index (Phi) is 5.55. The van der Waals surface area contributed by atoms with Gasteiger partial charge in [-0.3, -0.25) is 0 Å². The van der Waals surface area contributed by atoms with E-state index in [4.69, 9.17) is 0 Å². The fraction of sp³-hybridized carbons (Fsp3) is 0.333. The highest BCUT2D eigenvalue weighted by atomic mass is 16.3. The SMILES string of the molecule is CCCNC(=O)N1[C@H](CO)[C@@H](c2ccccc2-c2ccccc2)[C@@H]1C#N. The van der Waals surface area contributed by atoms with Gasteiger partial charge >= 0.3 is 6.03 Å². The number of hydrogen-bond donors (Lipinski definition) is 2. The molecule has 1 aliphatic heterocycles. The molecule has 3 rings (SSSR count). The van der Waals surface area contributed by atoms with Gasteiger partial charge in [-0.25, -0.2) is 4.79 Å². The molecule has 0 unspecified atom stereocenters. The Bertz CT molecular complexity index is 800. The Hall–Kier alpha value is -2.84. The summed E-state index contributed by atoms with van der Waals surface area (Å²) < 4.78 is 0. The average Bonchev–Trinajstić information content (AvgIpc) is 2.67. The van der Waals surface area contributed by atoms with Crippen LogP contribution < -0.4 is 5.32 Å². The van der Waals surface area contributed by atoms with Crippen LogP contribution in [0.5, 0.6) is 0 Å². The second-order valence-corrected chi connectivity index (χ2v) is 6.44. The predicted molar refractivity (Wildman–Crippen MR) is 100 cm³/mol. The van der Waals surface area contributed by atoms with Gasteiger partial charge in [0.25, 0.3) is 0 Å². The molecule has 3 atom stereocenters. The first-order valence-corrected chi connectivity index (χ1v) is 8.93. The molecule has 0 bridgehead atoms. The van der Waals surface area contributed by atoms with Gasteiger partial charge in [0.05, 0.1) is 18.7 Å². The minimum Gasteiger partial charge on any atom is -0.394 e. The number of amides is 2. The lowest BCUT2D eigenvalue weighted by atomic mass is 9.73. The number of aliphatic hydroxyl groups excluding tert-OH is 1. The molecule has 1 aliphatic rings. The number of rotatable bonds is 5. The summed E-state index contributed by atoms with van der Waals surface area (Å²) >= 11 is 0. The Morgan fingerprint density at radius 2 is 1.88 bits per heavy atom. The van der Waals surface area contributed by atoms with Crippen LogP contribution in [0.25, 0.3) is 11.1 Å². The number of benzene rings is 2. The normalized spacial score (nSPS) is 21.6. The van der Waals surface area contributed by atoms with Crippen molar-refractivity contribution in [3.8, 4) is 17.2 Å². The number of hydrogen-bond acceptors (Lipinski definition) is 3. The minimum absolute atomic E-state index is 0.175. The highest BCUT2D eigenvalue weighted by molar-refractivity contribution is 5.78. The van der Waals surface area contributed by atoms with Crippen LogP contribution in [0.4, 0.5) is 4.79 Å². The van der Waals surface area contributed by atoms with E-state index in [1.54, 1.807) is 0 Å². The smallest absolute Gasteiger partial charge is 0.318 e. The van der Waals surface area contributed by atoms with Gasteiger partial charge < -0.3 is 15.3 Å². The van der Waals surface area contributed by atoms with Gasteiger partial charge in [-0.1, -0.05) is 61.5 Å². The number of nitriles is 1. The zero-order chi connectivity index (χ0) is 18.5. The third-order valence-corrected chi connectivity index (χ3v) is 4.90. The lowest BCUT2D eigenvalue weighted by Gasteiger charge is -2.51. The van der Waals surface area contributed by atoms with Crippen molar-refractivity contribution in [2.75, 3.05) is 13.2 Å². The molecule has 2 aromatic rings. The molecule has 0 aromatic heterocycles. The fourth-order valence-corrected chi connectivity index (χ4v) is 3.65. The molecule has 0 aliphatic carbocycles. The monoisotopic (exact) mass is 349 g/mol. The maximum absolute atomic E-state index is 12.4. The summed E-state index contributed by atoms with van der Waals surface area (Å²) in [5.41, 5.74) is 3.08. The van der Waals surface area contributed by atoms with E-state index in [9.17, 15) is 15.2 Å². The molecule has 0 spiro atoms. The van der Waals surface area contributed by atoms with Crippen LogP contribution in [0, 0.1) is 11.3 Å². The molecular formula is C21H23N3O2. The first-order chi connectivity index (χ1) is 12.7. The first-order valence-electron chi connectivity index (χ1n) is 8.93. The van der Waals surface area contributed by atoms with E-state index in [-0.39, 0.29) is 18.6 Å². The highest BCUT2D eigenvalue weighted by Gasteiger charge is 2.52. The second-order valence-electron chi connectivity index (χ2n) is 6.44. The average molecular weight is 349 g/mol. The van der Waals surface area contributed by atoms with Gasteiger partial charge in [0.1, 0.15) is 6.04 Å². The maximum atomic E-state index is 12.4. The summed E-state index contributed by atoms with van der Waals surface area (Å²) in [6, 6.07) is 18.8. The molecule has 1 fully saturated rings. The number of carbonyl (C=O) groups is 1. The molecule has 26 heavy (non-hydrogen) atoms. The summed E-state index contributed by atoms with van der Waals surface area (Å²) in [5, 5.41) is 22.4. The summed E-state index contributed by atoms with van der Waals surface area (Å²) in [4.78, 5) is 13.9. The number of aliphatic hydroxyl groups is 1. The summed E-state index contributed by atoms with van der Waals surface area (Å²) in [6.07, 6.45) is 0.820. The minimum atomic E-state index is -0.589. The van der Waals surface area contributed by atoms with Crippen molar-refractivity contribution in [1.29, 1.82) is 5.26 Å². The van der Waals surface area contributed by atoms with E-state index in [1.165, 1.54) is 4.90 Å². The fourth-order valence-electron chi connectivity index (χ4n) is 3.65. The van der Waals surface area contributed by atoms with E-state index in [0.29, 0.717) is 6.54 Å². The molecular weight excluding hydrogens is 326 g/mol. The quantitative estimate of drug-likeness (QED) is 0.871. The zero-order valence-corrected chi connectivity index (χ0v) is 14.8. The number of carbonyl (C=O) groups excluding carboxylic acids is 1. The Morgan fingerprint density at radius 3 is 2.54 bits per heavy atom. The molecule has 2 aromatic carbocycles. The molecule has 5 heteroatoms. The Labute approximate surface area is 153 Å². The van der Waals surface area contributed by atoms with Gasteiger partial charge in [-0.2, -0.15) is 5.26 Å². The van der Waals surface area contributed by atoms with Crippen molar-refractivity contribution in [1.82, 2.24) is 10.2 Å². The summed E-state index contributed by atoms with van der Waals surface area (Å²) in [5.74, 6) is -0.214. The molecule has 2 amide bonds. The number of urea groups is 1. The van der Waals surface area contributed by atoms with Crippen molar-refractivity contribution in [2.45, 2.75) is 31.3 Å². The van der Waals surface area contributed by atoms with Crippen LogP contribution >= 0.6 is 0 Å². The van der Waals surface area contributed by atoms with Gasteiger partial charge in [0.15, 0.2) is 0 Å². The Morgan fingerprint density at radius 1 is 1.19 bits per heavy atom. The van der Waals surface area contributed by atoms with Crippen molar-refractivity contribution >= 4 is 6.03 Å². The lowest BCUT2D eigenvalue weighted by molar-refractivity contribution is 0.0171. The second kappa shape index (κ2) is 8.03. The molecule has 134 valence electrons. The van der Waals surface area contributed by atoms with Gasteiger partial charge in [-0.05, 0) is 23.1 Å². The van der Waals surface area contributed by atoms with Crippen LogP contribution in [-0.2, 0) is 0 Å². The third kappa shape index (κ3) is 3.16. The van der Waals surface area contributed by atoms with Gasteiger partial charge in [0.2, 0.25) is 0 Å². The van der Waals surface area contributed by atoms with E-state index in [2.05, 4.69) is 11.4 Å². The highest BCUT2D eigenvalue weighted by Crippen LogP contribution is 2.43. The number of nitrogens with one attached hydrogen (secondary N) is 1. The van der Waals surface area contributed by atoms with Crippen LogP contribution in [-0.4, -0.2) is 41.3 Å². The molecule has 0 saturated carbocycles. The predicted octanol–water partition coefficient (Wildman–Crippen LogP) is 3.13. The van der Waals surface area contributed by atoms with Crippen LogP contribution in [0.15, 0.2) is 54.6 Å². The molecule has 1 saturated heterocycles. The maximum Gasteiger partial charge on any atom is 0.318 e. The van der Waals surface area contributed by atoms with Crippen molar-refractivity contribution < 1.29 is 9.90 Å². The van der Waals surface area contributed by atoms with E-state index < -0.39 is 12.1 Å². The van der Waals surface area contributed by atoms with Crippen molar-refractivity contribution in [3.63, 3.8) is 0 Å². The standard InChI is InChI=1S/C21H23N3O2/c1-2-12-23-21(26)24-18(13-22)20(19(24)14-25)17-11-7-6-10-16(17)15-8-4-3-5-9-15/h3-11,18-20,25H,2,12,14H2,1H3,(H,23,26)/t18-,19+,20-/m0/s1. The lowest BCUT2D eigenvalue weighted by Crippen LogP contribution is -2.67. The topological polar surface area (TPSA) is 76.4 Å². The van der Waals surface area contributed by atoms with Gasteiger partial charge in [-0.15, -0.1) is 0 Å². The van der Waals surface area contributed by atoms with Crippen LogP contribution in [0.3, 0.4) is 0 Å². The van der Waals surface area contributed by atoms with Crippen molar-refractivity contribution in [3.05, 3.63) is 60.2 Å².